The van der Waals surface area contributed by atoms with Crippen molar-refractivity contribution in [1.82, 2.24) is 9.55 Å². The van der Waals surface area contributed by atoms with E-state index >= 15 is 0 Å². The highest BCUT2D eigenvalue weighted by Crippen LogP contribution is 2.33. The summed E-state index contributed by atoms with van der Waals surface area (Å²) in [4.78, 5) is 4.96. The zero-order valence-corrected chi connectivity index (χ0v) is 13.6. The first kappa shape index (κ1) is 14.0. The minimum Gasteiger partial charge on any atom is -0.327 e. The number of hydrogen-bond donors (Lipinski definition) is 1. The molecule has 2 atom stereocenters. The van der Waals surface area contributed by atoms with Gasteiger partial charge in [-0.15, -0.1) is 0 Å². The van der Waals surface area contributed by atoms with Crippen LogP contribution >= 0.6 is 0 Å². The molecule has 116 valence electrons. The Bertz CT molecular complexity index is 714. The Balaban J connectivity index is 1.79. The van der Waals surface area contributed by atoms with E-state index < -0.39 is 0 Å². The van der Waals surface area contributed by atoms with Gasteiger partial charge in [0.1, 0.15) is 5.82 Å². The van der Waals surface area contributed by atoms with Gasteiger partial charge in [0, 0.05) is 29.8 Å². The molecule has 2 unspecified atom stereocenters. The van der Waals surface area contributed by atoms with Gasteiger partial charge in [-0.25, -0.2) is 4.98 Å². The molecule has 3 nitrogen and oxygen atoms in total. The van der Waals surface area contributed by atoms with Crippen LogP contribution in [0.25, 0.3) is 11.3 Å². The van der Waals surface area contributed by atoms with Crippen molar-refractivity contribution in [2.75, 3.05) is 0 Å². The highest BCUT2D eigenvalue weighted by molar-refractivity contribution is 5.64. The van der Waals surface area contributed by atoms with E-state index in [0.717, 1.165) is 18.5 Å². The number of aryl methyl sites for hydroxylation is 3. The lowest BCUT2D eigenvalue weighted by atomic mass is 9.90. The SMILES string of the molecule is Cc1c(-c2ccc3c(c2)CCCC3)nc2n1C(C)C(N)CC2. The van der Waals surface area contributed by atoms with E-state index in [1.165, 1.54) is 53.9 Å². The van der Waals surface area contributed by atoms with Crippen molar-refractivity contribution < 1.29 is 0 Å². The molecule has 3 heteroatoms. The molecule has 0 radical (unpaired) electrons. The quantitative estimate of drug-likeness (QED) is 0.874. The summed E-state index contributed by atoms with van der Waals surface area (Å²) in [5, 5.41) is 0. The van der Waals surface area contributed by atoms with Gasteiger partial charge >= 0.3 is 0 Å². The normalized spacial score (nSPS) is 24.0. The topological polar surface area (TPSA) is 43.8 Å². The summed E-state index contributed by atoms with van der Waals surface area (Å²) in [7, 11) is 0. The second-order valence-corrected chi connectivity index (χ2v) is 6.97. The Morgan fingerprint density at radius 1 is 1.14 bits per heavy atom. The second kappa shape index (κ2) is 5.24. The molecule has 2 aliphatic rings. The first-order valence-corrected chi connectivity index (χ1v) is 8.60. The summed E-state index contributed by atoms with van der Waals surface area (Å²) in [5.74, 6) is 1.21. The molecule has 2 N–H and O–H groups in total. The number of rotatable bonds is 1. The Kier molecular flexibility index (Phi) is 3.33. The molecule has 4 rings (SSSR count). The number of nitrogens with two attached hydrogens (primary N) is 1. The average Bonchev–Trinajstić information content (AvgIpc) is 2.88. The van der Waals surface area contributed by atoms with Crippen LogP contribution < -0.4 is 5.73 Å². The van der Waals surface area contributed by atoms with Crippen molar-refractivity contribution >= 4 is 0 Å². The van der Waals surface area contributed by atoms with Crippen molar-refractivity contribution in [3.63, 3.8) is 0 Å². The van der Waals surface area contributed by atoms with Crippen LogP contribution in [-0.4, -0.2) is 15.6 Å². The summed E-state index contributed by atoms with van der Waals surface area (Å²) in [6.45, 7) is 4.42. The van der Waals surface area contributed by atoms with Gasteiger partial charge in [-0.3, -0.25) is 0 Å². The average molecular weight is 295 g/mol. The Morgan fingerprint density at radius 3 is 2.73 bits per heavy atom. The molecule has 2 heterocycles. The molecular formula is C19H25N3. The third kappa shape index (κ3) is 2.11. The lowest BCUT2D eigenvalue weighted by Crippen LogP contribution is -2.36. The number of fused-ring (bicyclic) bond motifs is 2. The summed E-state index contributed by atoms with van der Waals surface area (Å²) >= 11 is 0. The van der Waals surface area contributed by atoms with Gasteiger partial charge in [-0.1, -0.05) is 12.1 Å². The highest BCUT2D eigenvalue weighted by atomic mass is 15.1. The summed E-state index contributed by atoms with van der Waals surface area (Å²) in [6.07, 6.45) is 7.15. The zero-order valence-electron chi connectivity index (χ0n) is 13.6. The van der Waals surface area contributed by atoms with Crippen molar-refractivity contribution in [1.29, 1.82) is 0 Å². The maximum Gasteiger partial charge on any atom is 0.109 e. The third-order valence-corrected chi connectivity index (χ3v) is 5.57. The highest BCUT2D eigenvalue weighted by Gasteiger charge is 2.27. The predicted octanol–water partition coefficient (Wildman–Crippen LogP) is 3.57. The molecule has 0 bridgehead atoms. The third-order valence-electron chi connectivity index (χ3n) is 5.57. The van der Waals surface area contributed by atoms with E-state index in [9.17, 15) is 0 Å². The Hall–Kier alpha value is -1.61. The maximum absolute atomic E-state index is 6.25. The fraction of sp³-hybridized carbons (Fsp3) is 0.526. The lowest BCUT2D eigenvalue weighted by Gasteiger charge is -2.29. The summed E-state index contributed by atoms with van der Waals surface area (Å²) in [6, 6.07) is 7.55. The Morgan fingerprint density at radius 2 is 1.91 bits per heavy atom. The number of benzene rings is 1. The molecular weight excluding hydrogens is 270 g/mol. The van der Waals surface area contributed by atoms with Crippen molar-refractivity contribution in [2.45, 2.75) is 64.5 Å². The fourth-order valence-electron chi connectivity index (χ4n) is 4.17. The van der Waals surface area contributed by atoms with Crippen LogP contribution in [0, 0.1) is 6.92 Å². The molecule has 1 aliphatic heterocycles. The molecule has 2 aromatic rings. The molecule has 0 saturated heterocycles. The van der Waals surface area contributed by atoms with Crippen LogP contribution in [0.2, 0.25) is 0 Å². The van der Waals surface area contributed by atoms with Crippen molar-refractivity contribution in [2.24, 2.45) is 5.73 Å². The molecule has 0 amide bonds. The number of hydrogen-bond acceptors (Lipinski definition) is 2. The molecule has 1 aromatic carbocycles. The van der Waals surface area contributed by atoms with Crippen LogP contribution in [0.4, 0.5) is 0 Å². The van der Waals surface area contributed by atoms with Crippen molar-refractivity contribution in [3.8, 4) is 11.3 Å². The molecule has 0 saturated carbocycles. The van der Waals surface area contributed by atoms with E-state index in [2.05, 4.69) is 36.6 Å². The standard InChI is InChI=1S/C19H25N3/c1-12-17(20)9-10-18-21-19(13(2)22(12)18)16-8-7-14-5-3-4-6-15(14)11-16/h7-8,11-12,17H,3-6,9-10,20H2,1-2H3. The minimum absolute atomic E-state index is 0.247. The zero-order chi connectivity index (χ0) is 15.3. The van der Waals surface area contributed by atoms with E-state index in [1.807, 2.05) is 0 Å². The number of imidazole rings is 1. The predicted molar refractivity (Wildman–Crippen MR) is 90.0 cm³/mol. The van der Waals surface area contributed by atoms with Gasteiger partial charge in [0.05, 0.1) is 5.69 Å². The molecule has 1 aromatic heterocycles. The van der Waals surface area contributed by atoms with Crippen LogP contribution in [-0.2, 0) is 19.3 Å². The van der Waals surface area contributed by atoms with Crippen LogP contribution in [0.3, 0.4) is 0 Å². The molecule has 0 spiro atoms. The van der Waals surface area contributed by atoms with Crippen LogP contribution in [0.15, 0.2) is 18.2 Å². The number of aromatic nitrogens is 2. The van der Waals surface area contributed by atoms with Gasteiger partial charge < -0.3 is 10.3 Å². The van der Waals surface area contributed by atoms with Gasteiger partial charge in [-0.05, 0) is 63.1 Å². The molecule has 22 heavy (non-hydrogen) atoms. The van der Waals surface area contributed by atoms with Crippen LogP contribution in [0.5, 0.6) is 0 Å². The first-order valence-electron chi connectivity index (χ1n) is 8.60. The van der Waals surface area contributed by atoms with E-state index in [1.54, 1.807) is 0 Å². The number of nitrogens with zero attached hydrogens (tertiary/aromatic N) is 2. The smallest absolute Gasteiger partial charge is 0.109 e. The maximum atomic E-state index is 6.25. The van der Waals surface area contributed by atoms with Crippen LogP contribution in [0.1, 0.15) is 54.9 Å². The Labute approximate surface area is 132 Å². The van der Waals surface area contributed by atoms with E-state index in [-0.39, 0.29) is 6.04 Å². The summed E-state index contributed by atoms with van der Waals surface area (Å²) < 4.78 is 2.36. The van der Waals surface area contributed by atoms with Gasteiger partial charge in [0.2, 0.25) is 0 Å². The first-order chi connectivity index (χ1) is 10.6. The van der Waals surface area contributed by atoms with E-state index in [4.69, 9.17) is 10.7 Å². The lowest BCUT2D eigenvalue weighted by molar-refractivity contribution is 0.363. The largest absolute Gasteiger partial charge is 0.327 e. The monoisotopic (exact) mass is 295 g/mol. The second-order valence-electron chi connectivity index (χ2n) is 6.97. The van der Waals surface area contributed by atoms with Gasteiger partial charge in [-0.2, -0.15) is 0 Å². The fourth-order valence-corrected chi connectivity index (χ4v) is 4.17. The summed E-state index contributed by atoms with van der Waals surface area (Å²) in [5.41, 5.74) is 13.0. The van der Waals surface area contributed by atoms with E-state index in [0.29, 0.717) is 6.04 Å². The molecule has 1 aliphatic carbocycles. The van der Waals surface area contributed by atoms with Gasteiger partial charge in [0.25, 0.3) is 0 Å². The van der Waals surface area contributed by atoms with Gasteiger partial charge in [0.15, 0.2) is 0 Å². The minimum atomic E-state index is 0.247. The van der Waals surface area contributed by atoms with Crippen molar-refractivity contribution in [3.05, 3.63) is 40.8 Å². The molecule has 0 fully saturated rings.